The van der Waals surface area contributed by atoms with Crippen LogP contribution in [0.5, 0.6) is 0 Å². The predicted molar refractivity (Wildman–Crippen MR) is 301 cm³/mol. The van der Waals surface area contributed by atoms with Gasteiger partial charge in [-0.15, -0.1) is 0 Å². The lowest BCUT2D eigenvalue weighted by Gasteiger charge is -2.33. The van der Waals surface area contributed by atoms with Gasteiger partial charge >= 0.3 is 0 Å². The molecule has 0 spiro atoms. The lowest BCUT2D eigenvalue weighted by Crippen LogP contribution is -2.28. The molecule has 11 aromatic carbocycles. The minimum absolute atomic E-state index is 0.131. The van der Waals surface area contributed by atoms with Gasteiger partial charge in [0.1, 0.15) is 0 Å². The Morgan fingerprint density at radius 1 is 0.306 bits per heavy atom. The molecule has 2 aliphatic carbocycles. The smallest absolute Gasteiger partial charge is 0.0713 e. The molecule has 0 atom stereocenters. The van der Waals surface area contributed by atoms with E-state index in [0.29, 0.717) is 0 Å². The van der Waals surface area contributed by atoms with Crippen LogP contribution in [0, 0.1) is 0 Å². The predicted octanol–water partition coefficient (Wildman–Crippen LogP) is 18.3. The van der Waals surface area contributed by atoms with Gasteiger partial charge in [0.2, 0.25) is 0 Å². The van der Waals surface area contributed by atoms with Crippen LogP contribution in [0.2, 0.25) is 0 Å². The molecule has 1 heterocycles. The fourth-order valence-electron chi connectivity index (χ4n) is 12.5. The van der Waals surface area contributed by atoms with Gasteiger partial charge in [0, 0.05) is 38.9 Å². The van der Waals surface area contributed by atoms with E-state index in [2.05, 4.69) is 290 Å². The molecule has 2 nitrogen and oxygen atoms in total. The van der Waals surface area contributed by atoms with Crippen molar-refractivity contribution >= 4 is 38.9 Å². The molecule has 72 heavy (non-hydrogen) atoms. The van der Waals surface area contributed by atoms with Crippen LogP contribution in [0.4, 0.5) is 17.1 Å². The van der Waals surface area contributed by atoms with Crippen molar-refractivity contribution in [2.75, 3.05) is 4.90 Å². The molecule has 0 saturated carbocycles. The molecule has 1 aromatic heterocycles. The second-order valence-electron chi connectivity index (χ2n) is 20.0. The third-order valence-electron chi connectivity index (χ3n) is 15.9. The van der Waals surface area contributed by atoms with Crippen molar-refractivity contribution in [3.05, 3.63) is 300 Å². The summed E-state index contributed by atoms with van der Waals surface area (Å²) in [6, 6.07) is 98.9. The lowest BCUT2D eigenvalue weighted by molar-refractivity contribution is 0.660. The first-order chi connectivity index (χ1) is 35.5. The van der Waals surface area contributed by atoms with E-state index < -0.39 is 5.41 Å². The highest BCUT2D eigenvalue weighted by Crippen LogP contribution is 2.57. The van der Waals surface area contributed by atoms with E-state index in [1.54, 1.807) is 0 Å². The number of hydrogen-bond acceptors (Lipinski definition) is 1. The molecule has 12 aromatic rings. The highest BCUT2D eigenvalue weighted by atomic mass is 15.1. The van der Waals surface area contributed by atoms with Gasteiger partial charge in [0.25, 0.3) is 0 Å². The van der Waals surface area contributed by atoms with Crippen LogP contribution in [0.3, 0.4) is 0 Å². The molecular formula is C70H50N2. The normalized spacial score (nSPS) is 13.6. The highest BCUT2D eigenvalue weighted by molar-refractivity contribution is 6.10. The minimum Gasteiger partial charge on any atom is -0.310 e. The average molecular weight is 919 g/mol. The van der Waals surface area contributed by atoms with E-state index in [4.69, 9.17) is 0 Å². The summed E-state index contributed by atoms with van der Waals surface area (Å²) in [6.07, 6.45) is 0. The summed E-state index contributed by atoms with van der Waals surface area (Å²) in [4.78, 5) is 2.43. The largest absolute Gasteiger partial charge is 0.310 e. The second kappa shape index (κ2) is 16.3. The fourth-order valence-corrected chi connectivity index (χ4v) is 12.5. The number of fused-ring (bicyclic) bond motifs is 9. The Balaban J connectivity index is 0.865. The van der Waals surface area contributed by atoms with Gasteiger partial charge in [-0.25, -0.2) is 0 Å². The fraction of sp³-hybridized carbons (Fsp3) is 0.0571. The van der Waals surface area contributed by atoms with Gasteiger partial charge in [-0.1, -0.05) is 208 Å². The maximum Gasteiger partial charge on any atom is 0.0713 e. The van der Waals surface area contributed by atoms with Crippen LogP contribution < -0.4 is 4.90 Å². The first kappa shape index (κ1) is 41.9. The number of rotatable bonds is 8. The van der Waals surface area contributed by atoms with E-state index in [9.17, 15) is 0 Å². The van der Waals surface area contributed by atoms with Crippen molar-refractivity contribution in [1.82, 2.24) is 4.57 Å². The van der Waals surface area contributed by atoms with Crippen molar-refractivity contribution in [3.8, 4) is 50.2 Å². The van der Waals surface area contributed by atoms with Crippen molar-refractivity contribution in [1.29, 1.82) is 0 Å². The Bertz CT molecular complexity index is 3990. The third-order valence-corrected chi connectivity index (χ3v) is 15.9. The van der Waals surface area contributed by atoms with Crippen molar-refractivity contribution in [2.24, 2.45) is 0 Å². The van der Waals surface area contributed by atoms with E-state index in [1.165, 1.54) is 105 Å². The molecule has 14 rings (SSSR count). The maximum absolute atomic E-state index is 2.43. The molecule has 0 unspecified atom stereocenters. The number of para-hydroxylation sites is 2. The number of anilines is 3. The molecule has 2 heteroatoms. The first-order valence-electron chi connectivity index (χ1n) is 25.2. The van der Waals surface area contributed by atoms with Crippen molar-refractivity contribution in [2.45, 2.75) is 24.7 Å². The van der Waals surface area contributed by atoms with Gasteiger partial charge in [0.05, 0.1) is 16.4 Å². The Morgan fingerprint density at radius 3 is 1.44 bits per heavy atom. The molecular weight excluding hydrogens is 869 g/mol. The molecule has 0 bridgehead atoms. The number of hydrogen-bond donors (Lipinski definition) is 0. The first-order valence-corrected chi connectivity index (χ1v) is 25.2. The third kappa shape index (κ3) is 6.28. The van der Waals surface area contributed by atoms with Crippen LogP contribution in [0.15, 0.2) is 267 Å². The van der Waals surface area contributed by atoms with Gasteiger partial charge < -0.3 is 9.47 Å². The molecule has 2 aliphatic rings. The summed E-state index contributed by atoms with van der Waals surface area (Å²) < 4.78 is 2.38. The van der Waals surface area contributed by atoms with E-state index in [-0.39, 0.29) is 5.41 Å². The SMILES string of the molecule is CC1(C)c2ccccc2-c2ccc(N(c3ccc(-c4ccc5c(c4)-c4ccccc4C5(c4ccccc4)c4ccccc4)cc3)c3ccc(-c4ccc5c(c4)c4ccccc4n5-c4ccccc4)cc3)cc21. The number of benzene rings is 11. The zero-order valence-electron chi connectivity index (χ0n) is 40.3. The quantitative estimate of drug-likeness (QED) is 0.147. The van der Waals surface area contributed by atoms with E-state index >= 15 is 0 Å². The van der Waals surface area contributed by atoms with Gasteiger partial charge in [0.15, 0.2) is 0 Å². The molecule has 0 radical (unpaired) electrons. The zero-order valence-corrected chi connectivity index (χ0v) is 40.3. The van der Waals surface area contributed by atoms with Crippen LogP contribution in [0.1, 0.15) is 47.2 Å². The van der Waals surface area contributed by atoms with Crippen molar-refractivity contribution in [3.63, 3.8) is 0 Å². The average Bonchev–Trinajstić information content (AvgIpc) is 4.02. The molecule has 0 aliphatic heterocycles. The number of aromatic nitrogens is 1. The van der Waals surface area contributed by atoms with Crippen LogP contribution >= 0.6 is 0 Å². The summed E-state index contributed by atoms with van der Waals surface area (Å²) in [5.74, 6) is 0. The Morgan fingerprint density at radius 2 is 0.778 bits per heavy atom. The Labute approximate surface area is 421 Å². The van der Waals surface area contributed by atoms with Gasteiger partial charge in [-0.05, 0) is 151 Å². The molecule has 0 N–H and O–H groups in total. The van der Waals surface area contributed by atoms with Crippen LogP contribution in [-0.2, 0) is 10.8 Å². The van der Waals surface area contributed by atoms with E-state index in [0.717, 1.165) is 17.1 Å². The zero-order chi connectivity index (χ0) is 48.0. The maximum atomic E-state index is 2.43. The molecule has 0 fully saturated rings. The summed E-state index contributed by atoms with van der Waals surface area (Å²) in [5, 5.41) is 2.50. The molecule has 0 saturated heterocycles. The summed E-state index contributed by atoms with van der Waals surface area (Å²) >= 11 is 0. The minimum atomic E-state index is -0.422. The van der Waals surface area contributed by atoms with E-state index in [1.807, 2.05) is 0 Å². The monoisotopic (exact) mass is 918 g/mol. The van der Waals surface area contributed by atoms with Crippen molar-refractivity contribution < 1.29 is 0 Å². The standard InChI is InChI=1S/C70H50N2/c1-69(2)63-27-15-12-24-57(63)59-41-40-56(46-66(59)69)71(55-38-32-48(33-39-55)50-35-43-68-62(45-50)60-26-14-17-29-67(60)72(68)53-22-10-5-11-23-53)54-36-30-47(31-37-54)49-34-42-65-61(44-49)58-25-13-16-28-64(58)70(65,51-18-6-3-7-19-51)52-20-8-4-9-21-52/h3-46H,1-2H3. The lowest BCUT2D eigenvalue weighted by atomic mass is 9.67. The summed E-state index contributed by atoms with van der Waals surface area (Å²) in [7, 11) is 0. The molecule has 0 amide bonds. The molecule has 340 valence electrons. The Hall–Kier alpha value is -8.98. The van der Waals surface area contributed by atoms with Crippen LogP contribution in [-0.4, -0.2) is 4.57 Å². The van der Waals surface area contributed by atoms with Gasteiger partial charge in [-0.2, -0.15) is 0 Å². The van der Waals surface area contributed by atoms with Gasteiger partial charge in [-0.3, -0.25) is 0 Å². The Kier molecular flexibility index (Phi) is 9.50. The topological polar surface area (TPSA) is 8.17 Å². The van der Waals surface area contributed by atoms with Crippen LogP contribution in [0.25, 0.3) is 72.0 Å². The second-order valence-corrected chi connectivity index (χ2v) is 20.0. The highest BCUT2D eigenvalue weighted by Gasteiger charge is 2.46. The summed E-state index contributed by atoms with van der Waals surface area (Å²) in [6.45, 7) is 4.73. The number of nitrogens with zero attached hydrogens (tertiary/aromatic N) is 2. The summed E-state index contributed by atoms with van der Waals surface area (Å²) in [5.41, 5.74) is 24.3.